The predicted molar refractivity (Wildman–Crippen MR) is 76.9 cm³/mol. The fourth-order valence-corrected chi connectivity index (χ4v) is 2.42. The van der Waals surface area contributed by atoms with E-state index in [1.54, 1.807) is 6.20 Å². The van der Waals surface area contributed by atoms with E-state index in [0.29, 0.717) is 0 Å². The third-order valence-corrected chi connectivity index (χ3v) is 3.50. The number of pyridine rings is 1. The second-order valence-corrected chi connectivity index (χ2v) is 4.89. The zero-order valence-electron chi connectivity index (χ0n) is 10.7. The second-order valence-electron chi connectivity index (χ2n) is 4.89. The second kappa shape index (κ2) is 5.22. The molecule has 0 fully saturated rings. The number of fused-ring (bicyclic) bond motifs is 1. The number of nitrogens with zero attached hydrogens (tertiary/aromatic N) is 1. The van der Waals surface area contributed by atoms with Gasteiger partial charge in [-0.25, -0.2) is 0 Å². The molecule has 1 aliphatic rings. The molecule has 0 radical (unpaired) electrons. The lowest BCUT2D eigenvalue weighted by Gasteiger charge is -2.17. The minimum atomic E-state index is 0.0940. The third-order valence-electron chi connectivity index (χ3n) is 3.50. The Bertz CT molecular complexity index is 633. The Hall–Kier alpha value is -2.16. The molecular weight excluding hydrogens is 236 g/mol. The molecule has 1 N–H and O–H groups in total. The molecule has 1 aromatic heterocycles. The molecule has 1 unspecified atom stereocenters. The number of carbonyl (C=O) groups excluding carboxylic acids is 1. The zero-order valence-corrected chi connectivity index (χ0v) is 10.7. The van der Waals surface area contributed by atoms with E-state index >= 15 is 0 Å². The van der Waals surface area contributed by atoms with Gasteiger partial charge in [-0.05, 0) is 31.4 Å². The number of nitrogens with one attached hydrogen (secondary N) is 1. The molecule has 0 spiro atoms. The van der Waals surface area contributed by atoms with Gasteiger partial charge in [-0.15, -0.1) is 0 Å². The molecule has 3 nitrogen and oxygen atoms in total. The summed E-state index contributed by atoms with van der Waals surface area (Å²) in [7, 11) is 0. The Labute approximate surface area is 112 Å². The molecule has 1 aromatic carbocycles. The van der Waals surface area contributed by atoms with Gasteiger partial charge in [-0.1, -0.05) is 30.4 Å². The van der Waals surface area contributed by atoms with Crippen LogP contribution in [0.1, 0.15) is 19.3 Å². The highest BCUT2D eigenvalue weighted by Gasteiger charge is 2.18. The number of aromatic nitrogens is 1. The smallest absolute Gasteiger partial charge is 0.227 e. The van der Waals surface area contributed by atoms with E-state index in [1.807, 2.05) is 30.3 Å². The van der Waals surface area contributed by atoms with Gasteiger partial charge in [0, 0.05) is 11.3 Å². The van der Waals surface area contributed by atoms with Crippen LogP contribution in [-0.4, -0.2) is 10.9 Å². The quantitative estimate of drug-likeness (QED) is 0.831. The maximum absolute atomic E-state index is 12.1. The van der Waals surface area contributed by atoms with Crippen molar-refractivity contribution < 1.29 is 4.79 Å². The van der Waals surface area contributed by atoms with Crippen molar-refractivity contribution in [1.29, 1.82) is 0 Å². The van der Waals surface area contributed by atoms with Gasteiger partial charge < -0.3 is 5.32 Å². The number of anilines is 1. The number of benzene rings is 1. The summed E-state index contributed by atoms with van der Waals surface area (Å²) in [6, 6.07) is 9.87. The number of carbonyl (C=O) groups is 1. The fraction of sp³-hybridized carbons (Fsp3) is 0.250. The molecule has 1 amide bonds. The lowest BCUT2D eigenvalue weighted by atomic mass is 9.93. The lowest BCUT2D eigenvalue weighted by molar-refractivity contribution is -0.120. The number of hydrogen-bond acceptors (Lipinski definition) is 2. The largest absolute Gasteiger partial charge is 0.324 e. The molecule has 3 rings (SSSR count). The SMILES string of the molecule is O=C(Nc1cnc2ccccc2c1)C1CC=CCC1. The van der Waals surface area contributed by atoms with Gasteiger partial charge in [0.2, 0.25) is 5.91 Å². The summed E-state index contributed by atoms with van der Waals surface area (Å²) < 4.78 is 0. The highest BCUT2D eigenvalue weighted by molar-refractivity contribution is 5.94. The van der Waals surface area contributed by atoms with Gasteiger partial charge in [0.05, 0.1) is 17.4 Å². The van der Waals surface area contributed by atoms with Crippen LogP contribution in [0.15, 0.2) is 48.7 Å². The number of para-hydroxylation sites is 1. The minimum absolute atomic E-state index is 0.0940. The summed E-state index contributed by atoms with van der Waals surface area (Å²) >= 11 is 0. The van der Waals surface area contributed by atoms with Gasteiger partial charge in [-0.2, -0.15) is 0 Å². The average Bonchev–Trinajstić information content (AvgIpc) is 2.48. The number of allylic oxidation sites excluding steroid dienone is 2. The zero-order chi connectivity index (χ0) is 13.1. The first-order valence-corrected chi connectivity index (χ1v) is 6.63. The van der Waals surface area contributed by atoms with Gasteiger partial charge in [0.15, 0.2) is 0 Å². The van der Waals surface area contributed by atoms with Crippen molar-refractivity contribution in [1.82, 2.24) is 4.98 Å². The standard InChI is InChI=1S/C16H16N2O/c19-16(12-6-2-1-3-7-12)18-14-10-13-8-4-5-9-15(13)17-11-14/h1-2,4-5,8-12H,3,6-7H2,(H,18,19). The summed E-state index contributed by atoms with van der Waals surface area (Å²) in [5.74, 6) is 0.193. The average molecular weight is 252 g/mol. The van der Waals surface area contributed by atoms with Crippen molar-refractivity contribution >= 4 is 22.5 Å². The summed E-state index contributed by atoms with van der Waals surface area (Å²) in [6.45, 7) is 0. The van der Waals surface area contributed by atoms with Crippen LogP contribution in [0, 0.1) is 5.92 Å². The molecule has 1 atom stereocenters. The molecule has 2 aromatic rings. The molecule has 1 aliphatic carbocycles. The predicted octanol–water partition coefficient (Wildman–Crippen LogP) is 3.53. The van der Waals surface area contributed by atoms with Crippen LogP contribution in [0.5, 0.6) is 0 Å². The molecule has 3 heteroatoms. The molecule has 1 heterocycles. The van der Waals surface area contributed by atoms with Crippen LogP contribution in [-0.2, 0) is 4.79 Å². The van der Waals surface area contributed by atoms with Crippen LogP contribution in [0.3, 0.4) is 0 Å². The van der Waals surface area contributed by atoms with E-state index in [0.717, 1.165) is 35.9 Å². The van der Waals surface area contributed by atoms with Crippen LogP contribution in [0.2, 0.25) is 0 Å². The fourth-order valence-electron chi connectivity index (χ4n) is 2.42. The first-order valence-electron chi connectivity index (χ1n) is 6.63. The highest BCUT2D eigenvalue weighted by Crippen LogP contribution is 2.21. The topological polar surface area (TPSA) is 42.0 Å². The number of hydrogen-bond donors (Lipinski definition) is 1. The molecule has 0 bridgehead atoms. The van der Waals surface area contributed by atoms with E-state index in [2.05, 4.69) is 22.5 Å². The molecule has 96 valence electrons. The van der Waals surface area contributed by atoms with Crippen molar-refractivity contribution in [3.63, 3.8) is 0 Å². The molecule has 0 aliphatic heterocycles. The van der Waals surface area contributed by atoms with Gasteiger partial charge in [0.1, 0.15) is 0 Å². The van der Waals surface area contributed by atoms with Crippen LogP contribution in [0.25, 0.3) is 10.9 Å². The van der Waals surface area contributed by atoms with Crippen molar-refractivity contribution in [2.45, 2.75) is 19.3 Å². The molecule has 19 heavy (non-hydrogen) atoms. The van der Waals surface area contributed by atoms with Crippen molar-refractivity contribution in [3.05, 3.63) is 48.7 Å². The first kappa shape index (κ1) is 11.9. The number of rotatable bonds is 2. The summed E-state index contributed by atoms with van der Waals surface area (Å²) in [6.07, 6.45) is 8.72. The first-order chi connectivity index (χ1) is 9.33. The summed E-state index contributed by atoms with van der Waals surface area (Å²) in [5, 5.41) is 4.01. The Kier molecular flexibility index (Phi) is 3.27. The summed E-state index contributed by atoms with van der Waals surface area (Å²) in [4.78, 5) is 16.5. The van der Waals surface area contributed by atoms with Crippen LogP contribution in [0.4, 0.5) is 5.69 Å². The Morgan fingerprint density at radius 2 is 2.16 bits per heavy atom. The molecule has 0 saturated heterocycles. The maximum Gasteiger partial charge on any atom is 0.227 e. The monoisotopic (exact) mass is 252 g/mol. The molecule has 0 saturated carbocycles. The van der Waals surface area contributed by atoms with Gasteiger partial charge in [-0.3, -0.25) is 9.78 Å². The van der Waals surface area contributed by atoms with E-state index in [-0.39, 0.29) is 11.8 Å². The third kappa shape index (κ3) is 2.65. The lowest BCUT2D eigenvalue weighted by Crippen LogP contribution is -2.23. The highest BCUT2D eigenvalue weighted by atomic mass is 16.1. The van der Waals surface area contributed by atoms with Gasteiger partial charge in [0.25, 0.3) is 0 Å². The Balaban J connectivity index is 1.77. The Morgan fingerprint density at radius 1 is 1.26 bits per heavy atom. The molecular formula is C16H16N2O. The summed E-state index contributed by atoms with van der Waals surface area (Å²) in [5.41, 5.74) is 1.72. The van der Waals surface area contributed by atoms with E-state index in [4.69, 9.17) is 0 Å². The van der Waals surface area contributed by atoms with E-state index in [9.17, 15) is 4.79 Å². The van der Waals surface area contributed by atoms with E-state index in [1.165, 1.54) is 0 Å². The Morgan fingerprint density at radius 3 is 3.00 bits per heavy atom. The van der Waals surface area contributed by atoms with Crippen molar-refractivity contribution in [2.24, 2.45) is 5.92 Å². The van der Waals surface area contributed by atoms with Crippen LogP contribution < -0.4 is 5.32 Å². The van der Waals surface area contributed by atoms with E-state index < -0.39 is 0 Å². The van der Waals surface area contributed by atoms with Crippen molar-refractivity contribution in [3.8, 4) is 0 Å². The minimum Gasteiger partial charge on any atom is -0.324 e. The number of amides is 1. The van der Waals surface area contributed by atoms with Crippen molar-refractivity contribution in [2.75, 3.05) is 5.32 Å². The van der Waals surface area contributed by atoms with Gasteiger partial charge >= 0.3 is 0 Å². The maximum atomic E-state index is 12.1. The normalized spacial score (nSPS) is 18.4. The van der Waals surface area contributed by atoms with Crippen LogP contribution >= 0.6 is 0 Å².